The number of carboxylic acids is 1. The first-order valence-corrected chi connectivity index (χ1v) is 6.87. The maximum absolute atomic E-state index is 14.1. The molecule has 0 amide bonds. The van der Waals surface area contributed by atoms with Crippen LogP contribution in [-0.4, -0.2) is 53.7 Å². The van der Waals surface area contributed by atoms with Gasteiger partial charge in [0, 0.05) is 25.8 Å². The molecule has 0 radical (unpaired) electrons. The van der Waals surface area contributed by atoms with E-state index < -0.39 is 11.8 Å². The lowest BCUT2D eigenvalue weighted by molar-refractivity contribution is 0.0692. The normalized spacial score (nSPS) is 19.2. The van der Waals surface area contributed by atoms with Crippen molar-refractivity contribution in [2.75, 3.05) is 31.6 Å². The topological polar surface area (TPSA) is 56.7 Å². The monoisotopic (exact) mass is 281 g/mol. The summed E-state index contributed by atoms with van der Waals surface area (Å²) in [6.07, 6.45) is 3.57. The number of anilines is 1. The number of hydrogen-bond donors (Lipinski definition) is 1. The van der Waals surface area contributed by atoms with E-state index in [0.717, 1.165) is 25.9 Å². The molecule has 2 heterocycles. The third-order valence-corrected chi connectivity index (χ3v) is 3.85. The highest BCUT2D eigenvalue weighted by Gasteiger charge is 2.26. The highest BCUT2D eigenvalue weighted by molar-refractivity contribution is 5.88. The quantitative estimate of drug-likeness (QED) is 0.892. The van der Waals surface area contributed by atoms with Crippen LogP contribution in [0.15, 0.2) is 12.3 Å². The lowest BCUT2D eigenvalue weighted by atomic mass is 10.2. The fourth-order valence-corrected chi connectivity index (χ4v) is 2.78. The molecule has 6 heteroatoms. The van der Waals surface area contributed by atoms with Crippen LogP contribution in [0.1, 0.15) is 30.1 Å². The second kappa shape index (κ2) is 6.17. The van der Waals surface area contributed by atoms with E-state index in [0.29, 0.717) is 12.6 Å². The molecule has 1 aliphatic heterocycles. The van der Waals surface area contributed by atoms with Crippen molar-refractivity contribution in [3.05, 3.63) is 23.6 Å². The van der Waals surface area contributed by atoms with Crippen molar-refractivity contribution >= 4 is 11.8 Å². The second-order valence-electron chi connectivity index (χ2n) is 5.11. The lowest BCUT2D eigenvalue weighted by Gasteiger charge is -2.28. The van der Waals surface area contributed by atoms with E-state index in [2.05, 4.69) is 16.8 Å². The molecule has 0 aliphatic carbocycles. The summed E-state index contributed by atoms with van der Waals surface area (Å²) in [4.78, 5) is 19.0. The van der Waals surface area contributed by atoms with Crippen LogP contribution in [0.4, 0.5) is 10.2 Å². The van der Waals surface area contributed by atoms with Gasteiger partial charge in [0.1, 0.15) is 5.56 Å². The third kappa shape index (κ3) is 2.90. The van der Waals surface area contributed by atoms with Crippen LogP contribution in [0.2, 0.25) is 0 Å². The van der Waals surface area contributed by atoms with Gasteiger partial charge in [0.2, 0.25) is 0 Å². The summed E-state index contributed by atoms with van der Waals surface area (Å²) in [6.45, 7) is 4.81. The van der Waals surface area contributed by atoms with E-state index in [-0.39, 0.29) is 11.4 Å². The van der Waals surface area contributed by atoms with Gasteiger partial charge in [-0.05, 0) is 32.0 Å². The zero-order valence-electron chi connectivity index (χ0n) is 11.8. The molecule has 0 bridgehead atoms. The van der Waals surface area contributed by atoms with Gasteiger partial charge < -0.3 is 10.0 Å². The molecule has 1 aliphatic rings. The first-order chi connectivity index (χ1) is 9.54. The van der Waals surface area contributed by atoms with Gasteiger partial charge >= 0.3 is 5.97 Å². The maximum Gasteiger partial charge on any atom is 0.338 e. The van der Waals surface area contributed by atoms with Crippen LogP contribution in [0.3, 0.4) is 0 Å². The van der Waals surface area contributed by atoms with E-state index in [4.69, 9.17) is 5.11 Å². The van der Waals surface area contributed by atoms with Crippen LogP contribution in [0, 0.1) is 5.82 Å². The second-order valence-corrected chi connectivity index (χ2v) is 5.11. The van der Waals surface area contributed by atoms with E-state index in [9.17, 15) is 9.18 Å². The zero-order chi connectivity index (χ0) is 14.7. The van der Waals surface area contributed by atoms with Gasteiger partial charge in [-0.3, -0.25) is 4.90 Å². The molecule has 0 spiro atoms. The molecule has 1 unspecified atom stereocenters. The van der Waals surface area contributed by atoms with Crippen molar-refractivity contribution in [3.63, 3.8) is 0 Å². The standard InChI is InChI=1S/C14H20FN3O2/c1-3-18-8-4-5-10(18)9-17(2)13-12(15)11(14(19)20)6-7-16-13/h6-7,10H,3-5,8-9H2,1-2H3,(H,19,20). The number of hydrogen-bond acceptors (Lipinski definition) is 4. The summed E-state index contributed by atoms with van der Waals surface area (Å²) in [7, 11) is 1.75. The highest BCUT2D eigenvalue weighted by atomic mass is 19.1. The van der Waals surface area contributed by atoms with E-state index in [1.54, 1.807) is 11.9 Å². The van der Waals surface area contributed by atoms with Crippen molar-refractivity contribution in [1.82, 2.24) is 9.88 Å². The van der Waals surface area contributed by atoms with Crippen molar-refractivity contribution in [3.8, 4) is 0 Å². The fraction of sp³-hybridized carbons (Fsp3) is 0.571. The Hall–Kier alpha value is -1.69. The van der Waals surface area contributed by atoms with Gasteiger partial charge in [0.05, 0.1) is 0 Å². The Balaban J connectivity index is 2.15. The molecule has 0 aromatic carbocycles. The first kappa shape index (κ1) is 14.7. The molecule has 1 atom stereocenters. The Kier molecular flexibility index (Phi) is 4.54. The fourth-order valence-electron chi connectivity index (χ4n) is 2.78. The number of likely N-dealkylation sites (tertiary alicyclic amines) is 1. The summed E-state index contributed by atoms with van der Waals surface area (Å²) in [5, 5.41) is 8.94. The number of rotatable bonds is 5. The van der Waals surface area contributed by atoms with Gasteiger partial charge in [-0.2, -0.15) is 0 Å². The minimum atomic E-state index is -1.27. The maximum atomic E-state index is 14.1. The molecule has 110 valence electrons. The largest absolute Gasteiger partial charge is 0.478 e. The Bertz CT molecular complexity index is 495. The Morgan fingerprint density at radius 2 is 2.40 bits per heavy atom. The van der Waals surface area contributed by atoms with Gasteiger partial charge in [0.25, 0.3) is 0 Å². The van der Waals surface area contributed by atoms with Gasteiger partial charge in [-0.25, -0.2) is 14.2 Å². The van der Waals surface area contributed by atoms with Crippen LogP contribution in [0.5, 0.6) is 0 Å². The average Bonchev–Trinajstić information content (AvgIpc) is 2.85. The molecule has 0 saturated carbocycles. The SMILES string of the molecule is CCN1CCCC1CN(C)c1nccc(C(=O)O)c1F. The van der Waals surface area contributed by atoms with E-state index in [1.807, 2.05) is 0 Å². The predicted molar refractivity (Wildman–Crippen MR) is 74.7 cm³/mol. The van der Waals surface area contributed by atoms with Gasteiger partial charge in [0.15, 0.2) is 11.6 Å². The molecule has 1 aromatic rings. The number of carbonyl (C=O) groups is 1. The molecule has 1 saturated heterocycles. The van der Waals surface area contributed by atoms with Crippen LogP contribution in [-0.2, 0) is 0 Å². The molecule has 1 fully saturated rings. The van der Waals surface area contributed by atoms with Crippen LogP contribution < -0.4 is 4.90 Å². The number of pyridine rings is 1. The molecular weight excluding hydrogens is 261 g/mol. The summed E-state index contributed by atoms with van der Waals surface area (Å²) in [5.74, 6) is -1.92. The molecular formula is C14H20FN3O2. The van der Waals surface area contributed by atoms with Crippen molar-refractivity contribution in [1.29, 1.82) is 0 Å². The minimum absolute atomic E-state index is 0.104. The number of aromatic carboxylic acids is 1. The average molecular weight is 281 g/mol. The summed E-state index contributed by atoms with van der Waals surface area (Å²) >= 11 is 0. The Morgan fingerprint density at radius 1 is 1.65 bits per heavy atom. The number of nitrogens with zero attached hydrogens (tertiary/aromatic N) is 3. The van der Waals surface area contributed by atoms with Crippen molar-refractivity contribution in [2.45, 2.75) is 25.8 Å². The number of aromatic nitrogens is 1. The van der Waals surface area contributed by atoms with Crippen molar-refractivity contribution in [2.24, 2.45) is 0 Å². The summed E-state index contributed by atoms with van der Waals surface area (Å²) < 4.78 is 14.1. The number of likely N-dealkylation sites (N-methyl/N-ethyl adjacent to an activating group) is 2. The number of carboxylic acid groups (broad SMARTS) is 1. The van der Waals surface area contributed by atoms with Crippen LogP contribution >= 0.6 is 0 Å². The Labute approximate surface area is 118 Å². The summed E-state index contributed by atoms with van der Waals surface area (Å²) in [6, 6.07) is 1.56. The Morgan fingerprint density at radius 3 is 3.05 bits per heavy atom. The molecule has 1 aromatic heterocycles. The first-order valence-electron chi connectivity index (χ1n) is 6.87. The van der Waals surface area contributed by atoms with Crippen molar-refractivity contribution < 1.29 is 14.3 Å². The molecule has 20 heavy (non-hydrogen) atoms. The third-order valence-electron chi connectivity index (χ3n) is 3.85. The van der Waals surface area contributed by atoms with E-state index >= 15 is 0 Å². The lowest BCUT2D eigenvalue weighted by Crippen LogP contribution is -2.39. The summed E-state index contributed by atoms with van der Waals surface area (Å²) in [5.41, 5.74) is -0.333. The molecule has 5 nitrogen and oxygen atoms in total. The molecule has 1 N–H and O–H groups in total. The number of halogens is 1. The predicted octanol–water partition coefficient (Wildman–Crippen LogP) is 1.84. The smallest absolute Gasteiger partial charge is 0.338 e. The van der Waals surface area contributed by atoms with E-state index in [1.165, 1.54) is 12.3 Å². The molecule has 2 rings (SSSR count). The van der Waals surface area contributed by atoms with Gasteiger partial charge in [-0.15, -0.1) is 0 Å². The zero-order valence-corrected chi connectivity index (χ0v) is 11.8. The highest BCUT2D eigenvalue weighted by Crippen LogP contribution is 2.22. The minimum Gasteiger partial charge on any atom is -0.478 e. The van der Waals surface area contributed by atoms with Gasteiger partial charge in [-0.1, -0.05) is 6.92 Å². The van der Waals surface area contributed by atoms with Crippen LogP contribution in [0.25, 0.3) is 0 Å².